The molecule has 0 aliphatic carbocycles. The van der Waals surface area contributed by atoms with Gasteiger partial charge in [-0.1, -0.05) is 37.7 Å². The summed E-state index contributed by atoms with van der Waals surface area (Å²) in [5.41, 5.74) is 0.634. The van der Waals surface area contributed by atoms with E-state index in [0.717, 1.165) is 5.82 Å². The highest BCUT2D eigenvalue weighted by Crippen LogP contribution is 2.32. The molecule has 2 rings (SSSR count). The highest BCUT2D eigenvalue weighted by atomic mass is 32.2. The van der Waals surface area contributed by atoms with E-state index >= 15 is 0 Å². The number of nitrogens with zero attached hydrogens (tertiary/aromatic N) is 2. The summed E-state index contributed by atoms with van der Waals surface area (Å²) in [6.45, 7) is 3.95. The van der Waals surface area contributed by atoms with Crippen LogP contribution in [0.15, 0.2) is 29.2 Å². The van der Waals surface area contributed by atoms with Gasteiger partial charge in [0, 0.05) is 10.8 Å². The molecule has 0 fully saturated rings. The van der Waals surface area contributed by atoms with Gasteiger partial charge in [0.05, 0.1) is 5.69 Å². The Hall–Kier alpha value is -1.21. The number of H-pyrrole nitrogens is 1. The first-order valence-corrected chi connectivity index (χ1v) is 7.01. The zero-order valence-corrected chi connectivity index (χ0v) is 12.1. The van der Waals surface area contributed by atoms with Crippen LogP contribution in [0.2, 0.25) is 0 Å². The molecule has 1 N–H and O–H groups in total. The largest absolute Gasteiger partial charge is 0.288 e. The van der Waals surface area contributed by atoms with Gasteiger partial charge in [-0.05, 0) is 24.4 Å². The van der Waals surface area contributed by atoms with Gasteiger partial charge in [-0.25, -0.2) is 0 Å². The summed E-state index contributed by atoms with van der Waals surface area (Å²) in [5.74, 6) is -1.60. The van der Waals surface area contributed by atoms with Gasteiger partial charge in [0.15, 0.2) is 4.77 Å². The van der Waals surface area contributed by atoms with Crippen LogP contribution in [0, 0.1) is 4.77 Å². The molecule has 0 saturated carbocycles. The Labute approximate surface area is 119 Å². The minimum atomic E-state index is -2.47. The molecule has 0 saturated heterocycles. The van der Waals surface area contributed by atoms with Crippen molar-refractivity contribution in [3.63, 3.8) is 0 Å². The molecule has 19 heavy (non-hydrogen) atoms. The molecule has 0 atom stereocenters. The van der Waals surface area contributed by atoms with Crippen LogP contribution in [0.25, 0.3) is 5.69 Å². The Morgan fingerprint density at radius 3 is 2.63 bits per heavy atom. The van der Waals surface area contributed by atoms with Crippen molar-refractivity contribution in [3.05, 3.63) is 34.9 Å². The minimum absolute atomic E-state index is 0.137. The number of alkyl halides is 2. The molecule has 102 valence electrons. The predicted octanol–water partition coefficient (Wildman–Crippen LogP) is 4.37. The second-order valence-corrected chi connectivity index (χ2v) is 5.64. The molecule has 0 unspecified atom stereocenters. The molecule has 0 spiro atoms. The summed E-state index contributed by atoms with van der Waals surface area (Å²) < 4.78 is 27.3. The van der Waals surface area contributed by atoms with Crippen molar-refractivity contribution in [2.45, 2.75) is 30.4 Å². The van der Waals surface area contributed by atoms with Crippen molar-refractivity contribution < 1.29 is 8.78 Å². The van der Waals surface area contributed by atoms with Crippen LogP contribution >= 0.6 is 24.0 Å². The van der Waals surface area contributed by atoms with Gasteiger partial charge in [0.2, 0.25) is 0 Å². The van der Waals surface area contributed by atoms with E-state index in [1.54, 1.807) is 28.8 Å². The third-order valence-corrected chi connectivity index (χ3v) is 3.59. The van der Waals surface area contributed by atoms with Crippen molar-refractivity contribution >= 4 is 24.0 Å². The van der Waals surface area contributed by atoms with Gasteiger partial charge < -0.3 is 0 Å². The highest BCUT2D eigenvalue weighted by molar-refractivity contribution is 7.99. The van der Waals surface area contributed by atoms with E-state index in [1.165, 1.54) is 0 Å². The van der Waals surface area contributed by atoms with Crippen molar-refractivity contribution in [1.29, 1.82) is 0 Å². The van der Waals surface area contributed by atoms with E-state index in [2.05, 4.69) is 10.2 Å². The average molecular weight is 301 g/mol. The summed E-state index contributed by atoms with van der Waals surface area (Å²) in [4.78, 5) is 0.483. The van der Waals surface area contributed by atoms with Crippen molar-refractivity contribution in [2.75, 3.05) is 0 Å². The Morgan fingerprint density at radius 1 is 1.32 bits per heavy atom. The normalized spacial score (nSPS) is 11.5. The van der Waals surface area contributed by atoms with Crippen LogP contribution in [0.1, 0.15) is 25.6 Å². The number of aromatic amines is 1. The van der Waals surface area contributed by atoms with E-state index in [4.69, 9.17) is 12.2 Å². The second kappa shape index (κ2) is 5.83. The smallest absolute Gasteiger partial charge is 0.271 e. The van der Waals surface area contributed by atoms with E-state index in [1.807, 2.05) is 13.8 Å². The lowest BCUT2D eigenvalue weighted by Gasteiger charge is -2.13. The molecule has 0 bridgehead atoms. The summed E-state index contributed by atoms with van der Waals surface area (Å²) >= 11 is 5.71. The molecule has 0 aliphatic heterocycles. The molecule has 3 nitrogen and oxygen atoms in total. The summed E-state index contributed by atoms with van der Waals surface area (Å²) in [6.07, 6.45) is 0. The predicted molar refractivity (Wildman–Crippen MR) is 74.7 cm³/mol. The number of thioether (sulfide) groups is 1. The van der Waals surface area contributed by atoms with Gasteiger partial charge in [-0.2, -0.15) is 13.9 Å². The number of benzene rings is 1. The molecule has 7 heteroatoms. The Balaban J connectivity index is 2.59. The lowest BCUT2D eigenvalue weighted by molar-refractivity contribution is 0.252. The molecule has 0 aliphatic rings. The molecule has 1 aromatic carbocycles. The van der Waals surface area contributed by atoms with E-state index in [0.29, 0.717) is 27.1 Å². The van der Waals surface area contributed by atoms with Gasteiger partial charge in [0.1, 0.15) is 5.82 Å². The van der Waals surface area contributed by atoms with E-state index < -0.39 is 5.76 Å². The Morgan fingerprint density at radius 2 is 2.00 bits per heavy atom. The maximum atomic E-state index is 12.6. The average Bonchev–Trinajstić information content (AvgIpc) is 2.71. The fraction of sp³-hybridized carbons (Fsp3) is 0.333. The first-order valence-electron chi connectivity index (χ1n) is 5.72. The standard InChI is InChI=1S/C12H13F2N3S2/c1-7(2)10-15-16-12(18)17(10)8-5-3-4-6-9(8)19-11(13)14/h3-7,11H,1-2H3,(H,16,18). The van der Waals surface area contributed by atoms with Crippen LogP contribution in [0.4, 0.5) is 8.78 Å². The number of hydrogen-bond acceptors (Lipinski definition) is 3. The molecule has 2 aromatic rings. The number of halogens is 2. The van der Waals surface area contributed by atoms with E-state index in [9.17, 15) is 8.78 Å². The summed E-state index contributed by atoms with van der Waals surface area (Å²) in [7, 11) is 0. The minimum Gasteiger partial charge on any atom is -0.271 e. The maximum Gasteiger partial charge on any atom is 0.288 e. The molecule has 1 aromatic heterocycles. The second-order valence-electron chi connectivity index (χ2n) is 4.22. The highest BCUT2D eigenvalue weighted by Gasteiger charge is 2.16. The lowest BCUT2D eigenvalue weighted by atomic mass is 10.2. The monoisotopic (exact) mass is 301 g/mol. The number of nitrogens with one attached hydrogen (secondary N) is 1. The first-order chi connectivity index (χ1) is 9.00. The number of para-hydroxylation sites is 1. The van der Waals surface area contributed by atoms with Crippen LogP contribution in [0.3, 0.4) is 0 Å². The van der Waals surface area contributed by atoms with Crippen molar-refractivity contribution in [3.8, 4) is 5.69 Å². The number of rotatable bonds is 4. The molecule has 0 amide bonds. The fourth-order valence-electron chi connectivity index (χ4n) is 1.77. The molecule has 0 radical (unpaired) electrons. The van der Waals surface area contributed by atoms with E-state index in [-0.39, 0.29) is 5.92 Å². The van der Waals surface area contributed by atoms with Crippen molar-refractivity contribution in [2.24, 2.45) is 0 Å². The maximum absolute atomic E-state index is 12.6. The van der Waals surface area contributed by atoms with Crippen LogP contribution in [-0.2, 0) is 0 Å². The molecular weight excluding hydrogens is 288 g/mol. The molecule has 1 heterocycles. The molecular formula is C12H13F2N3S2. The van der Waals surface area contributed by atoms with Gasteiger partial charge in [0.25, 0.3) is 5.76 Å². The number of aromatic nitrogens is 3. The SMILES string of the molecule is CC(C)c1n[nH]c(=S)n1-c1ccccc1SC(F)F. The third kappa shape index (κ3) is 3.03. The van der Waals surface area contributed by atoms with Gasteiger partial charge >= 0.3 is 0 Å². The fourth-order valence-corrected chi connectivity index (χ4v) is 2.63. The van der Waals surface area contributed by atoms with Crippen LogP contribution < -0.4 is 0 Å². The van der Waals surface area contributed by atoms with Crippen LogP contribution in [0.5, 0.6) is 0 Å². The number of hydrogen-bond donors (Lipinski definition) is 1. The van der Waals surface area contributed by atoms with Crippen molar-refractivity contribution in [1.82, 2.24) is 14.8 Å². The third-order valence-electron chi connectivity index (χ3n) is 2.54. The summed E-state index contributed by atoms with van der Waals surface area (Å²) in [6, 6.07) is 6.95. The van der Waals surface area contributed by atoms with Gasteiger partial charge in [-0.15, -0.1) is 0 Å². The summed E-state index contributed by atoms with van der Waals surface area (Å²) in [5, 5.41) is 6.88. The quantitative estimate of drug-likeness (QED) is 0.672. The Kier molecular flexibility index (Phi) is 4.36. The lowest BCUT2D eigenvalue weighted by Crippen LogP contribution is -2.05. The first kappa shape index (κ1) is 14.2. The Bertz CT molecular complexity index is 619. The topological polar surface area (TPSA) is 33.6 Å². The van der Waals surface area contributed by atoms with Gasteiger partial charge in [-0.3, -0.25) is 9.67 Å². The zero-order chi connectivity index (χ0) is 14.0. The zero-order valence-electron chi connectivity index (χ0n) is 10.4. The van der Waals surface area contributed by atoms with Crippen LogP contribution in [-0.4, -0.2) is 20.5 Å².